The summed E-state index contributed by atoms with van der Waals surface area (Å²) in [5.41, 5.74) is 17.9. The Labute approximate surface area is 182 Å². The van der Waals surface area contributed by atoms with Crippen molar-refractivity contribution in [2.24, 2.45) is 5.73 Å². The Bertz CT molecular complexity index is 1260. The number of hydrogen-bond acceptors (Lipinski definition) is 3. The predicted molar refractivity (Wildman–Crippen MR) is 125 cm³/mol. The first-order valence-electron chi connectivity index (χ1n) is 11.2. The zero-order chi connectivity index (χ0) is 21.0. The van der Waals surface area contributed by atoms with Crippen LogP contribution in [0.1, 0.15) is 41.8 Å². The Morgan fingerprint density at radius 2 is 1.65 bits per heavy atom. The molecule has 3 N–H and O–H groups in total. The van der Waals surface area contributed by atoms with Gasteiger partial charge in [-0.25, -0.2) is 0 Å². The Morgan fingerprint density at radius 1 is 0.871 bits per heavy atom. The van der Waals surface area contributed by atoms with E-state index in [0.29, 0.717) is 0 Å². The first-order valence-corrected chi connectivity index (χ1v) is 11.2. The number of pyridine rings is 1. The van der Waals surface area contributed by atoms with Crippen molar-refractivity contribution < 1.29 is 0 Å². The maximum atomic E-state index is 6.55. The number of benzene rings is 2. The minimum absolute atomic E-state index is 0.141. The molecular formula is C27H26N4. The summed E-state index contributed by atoms with van der Waals surface area (Å²) in [5.74, 6) is 0. The van der Waals surface area contributed by atoms with Crippen LogP contribution in [0.5, 0.6) is 0 Å². The minimum atomic E-state index is -0.141. The molecule has 6 rings (SSSR count). The summed E-state index contributed by atoms with van der Waals surface area (Å²) < 4.78 is 0. The molecule has 2 heterocycles. The van der Waals surface area contributed by atoms with Crippen LogP contribution < -0.4 is 5.73 Å². The number of H-pyrrole nitrogens is 1. The maximum Gasteiger partial charge on any atom is 0.0974 e. The number of aryl methyl sites for hydroxylation is 2. The van der Waals surface area contributed by atoms with E-state index < -0.39 is 0 Å². The first-order chi connectivity index (χ1) is 15.1. The number of nitrogens with zero attached hydrogens (tertiary/aromatic N) is 2. The van der Waals surface area contributed by atoms with Gasteiger partial charge in [-0.15, -0.1) is 0 Å². The number of aromatic nitrogens is 3. The topological polar surface area (TPSA) is 67.6 Å². The molecule has 4 aromatic rings. The largest absolute Gasteiger partial charge is 0.321 e. The second-order valence-corrected chi connectivity index (χ2v) is 9.01. The minimum Gasteiger partial charge on any atom is -0.321 e. The number of fused-ring (bicyclic) bond motifs is 3. The van der Waals surface area contributed by atoms with Crippen LogP contribution in [0.25, 0.3) is 33.6 Å². The van der Waals surface area contributed by atoms with Crippen LogP contribution in [0.15, 0.2) is 60.7 Å². The molecule has 1 saturated carbocycles. The molecule has 154 valence electrons. The molecule has 2 aliphatic rings. The maximum absolute atomic E-state index is 6.55. The molecule has 4 heteroatoms. The van der Waals surface area contributed by atoms with E-state index >= 15 is 0 Å². The third-order valence-electron chi connectivity index (χ3n) is 7.11. The Kier molecular flexibility index (Phi) is 4.12. The third kappa shape index (κ3) is 2.94. The monoisotopic (exact) mass is 406 g/mol. The highest BCUT2D eigenvalue weighted by Crippen LogP contribution is 2.42. The summed E-state index contributed by atoms with van der Waals surface area (Å²) in [6, 6.07) is 21.6. The Hall–Kier alpha value is -3.24. The quantitative estimate of drug-likeness (QED) is 0.469. The molecule has 4 nitrogen and oxygen atoms in total. The molecule has 2 aromatic heterocycles. The van der Waals surface area contributed by atoms with Gasteiger partial charge < -0.3 is 5.73 Å². The van der Waals surface area contributed by atoms with Crippen molar-refractivity contribution in [1.82, 2.24) is 15.2 Å². The second kappa shape index (κ2) is 6.89. The van der Waals surface area contributed by atoms with Crippen molar-refractivity contribution in [3.05, 3.63) is 83.2 Å². The molecule has 31 heavy (non-hydrogen) atoms. The van der Waals surface area contributed by atoms with Gasteiger partial charge in [0.1, 0.15) is 0 Å². The van der Waals surface area contributed by atoms with Crippen LogP contribution in [0.3, 0.4) is 0 Å². The van der Waals surface area contributed by atoms with E-state index in [1.807, 2.05) is 0 Å². The normalized spacial score (nSPS) is 16.3. The molecule has 0 bridgehead atoms. The van der Waals surface area contributed by atoms with Gasteiger partial charge in [0.05, 0.1) is 17.1 Å². The molecule has 2 aliphatic carbocycles. The van der Waals surface area contributed by atoms with Crippen molar-refractivity contribution >= 4 is 0 Å². The molecule has 0 aliphatic heterocycles. The van der Waals surface area contributed by atoms with Gasteiger partial charge in [0.25, 0.3) is 0 Å². The van der Waals surface area contributed by atoms with Crippen LogP contribution in [-0.2, 0) is 18.4 Å². The summed E-state index contributed by atoms with van der Waals surface area (Å²) in [4.78, 5) is 5.21. The molecule has 2 aromatic carbocycles. The lowest BCUT2D eigenvalue weighted by molar-refractivity contribution is 0.253. The van der Waals surface area contributed by atoms with Crippen molar-refractivity contribution in [3.8, 4) is 33.6 Å². The van der Waals surface area contributed by atoms with Gasteiger partial charge in [-0.3, -0.25) is 10.1 Å². The average Bonchev–Trinajstić information content (AvgIpc) is 3.18. The number of hydrogen-bond donors (Lipinski definition) is 2. The van der Waals surface area contributed by atoms with Crippen LogP contribution >= 0.6 is 0 Å². The SMILES string of the molecule is Cc1[nH]nc2c1CCc1nc(-c3ccc(C4(N)CCC4)cc3)c(-c3ccccc3)cc1-2. The molecule has 0 radical (unpaired) electrons. The van der Waals surface area contributed by atoms with Crippen molar-refractivity contribution in [2.75, 3.05) is 0 Å². The highest BCUT2D eigenvalue weighted by molar-refractivity contribution is 5.86. The molecular weight excluding hydrogens is 380 g/mol. The lowest BCUT2D eigenvalue weighted by atomic mass is 9.72. The highest BCUT2D eigenvalue weighted by Gasteiger charge is 2.34. The number of aromatic amines is 1. The Morgan fingerprint density at radius 3 is 2.35 bits per heavy atom. The van der Waals surface area contributed by atoms with Crippen LogP contribution in [0, 0.1) is 6.92 Å². The van der Waals surface area contributed by atoms with Gasteiger partial charge in [0.15, 0.2) is 0 Å². The van der Waals surface area contributed by atoms with Crippen LogP contribution in [0.4, 0.5) is 0 Å². The second-order valence-electron chi connectivity index (χ2n) is 9.01. The van der Waals surface area contributed by atoms with Gasteiger partial charge in [-0.1, -0.05) is 54.6 Å². The number of nitrogens with two attached hydrogens (primary N) is 1. The highest BCUT2D eigenvalue weighted by atomic mass is 15.1. The fourth-order valence-electron chi connectivity index (χ4n) is 5.04. The summed E-state index contributed by atoms with van der Waals surface area (Å²) in [7, 11) is 0. The fraction of sp³-hybridized carbons (Fsp3) is 0.259. The summed E-state index contributed by atoms with van der Waals surface area (Å²) in [6.45, 7) is 2.10. The molecule has 0 atom stereocenters. The molecule has 0 unspecified atom stereocenters. The van der Waals surface area contributed by atoms with Gasteiger partial charge in [0, 0.05) is 33.5 Å². The molecule has 0 spiro atoms. The van der Waals surface area contributed by atoms with Gasteiger partial charge >= 0.3 is 0 Å². The summed E-state index contributed by atoms with van der Waals surface area (Å²) in [6.07, 6.45) is 5.29. The molecule has 1 fully saturated rings. The van der Waals surface area contributed by atoms with Gasteiger partial charge in [-0.2, -0.15) is 5.10 Å². The van der Waals surface area contributed by atoms with E-state index in [1.54, 1.807) is 0 Å². The molecule has 0 saturated heterocycles. The lowest BCUT2D eigenvalue weighted by Gasteiger charge is -2.38. The number of rotatable bonds is 3. The summed E-state index contributed by atoms with van der Waals surface area (Å²) >= 11 is 0. The zero-order valence-corrected chi connectivity index (χ0v) is 17.8. The van der Waals surface area contributed by atoms with E-state index in [0.717, 1.165) is 65.1 Å². The van der Waals surface area contributed by atoms with Crippen LogP contribution in [0.2, 0.25) is 0 Å². The van der Waals surface area contributed by atoms with E-state index in [2.05, 4.69) is 77.8 Å². The Balaban J connectivity index is 1.52. The third-order valence-corrected chi connectivity index (χ3v) is 7.11. The predicted octanol–water partition coefficient (Wildman–Crippen LogP) is 5.55. The zero-order valence-electron chi connectivity index (χ0n) is 17.8. The first kappa shape index (κ1) is 18.5. The van der Waals surface area contributed by atoms with E-state index in [9.17, 15) is 0 Å². The van der Waals surface area contributed by atoms with E-state index in [4.69, 9.17) is 10.7 Å². The van der Waals surface area contributed by atoms with Gasteiger partial charge in [-0.05, 0) is 56.2 Å². The average molecular weight is 407 g/mol. The van der Waals surface area contributed by atoms with Crippen LogP contribution in [-0.4, -0.2) is 15.2 Å². The standard InChI is InChI=1S/C27H26N4/c1-17-21-12-13-24-23(26(21)31-30-17)16-22(18-6-3-2-4-7-18)25(29-24)19-8-10-20(11-9-19)27(28)14-5-15-27/h2-4,6-11,16H,5,12-15,28H2,1H3,(H,30,31). The smallest absolute Gasteiger partial charge is 0.0974 e. The molecule has 0 amide bonds. The van der Waals surface area contributed by atoms with E-state index in [-0.39, 0.29) is 5.54 Å². The van der Waals surface area contributed by atoms with Crippen molar-refractivity contribution in [2.45, 2.75) is 44.6 Å². The number of nitrogens with one attached hydrogen (secondary N) is 1. The van der Waals surface area contributed by atoms with Gasteiger partial charge in [0.2, 0.25) is 0 Å². The fourth-order valence-corrected chi connectivity index (χ4v) is 5.04. The van der Waals surface area contributed by atoms with Crippen molar-refractivity contribution in [3.63, 3.8) is 0 Å². The summed E-state index contributed by atoms with van der Waals surface area (Å²) in [5, 5.41) is 7.78. The van der Waals surface area contributed by atoms with Crippen molar-refractivity contribution in [1.29, 1.82) is 0 Å². The van der Waals surface area contributed by atoms with E-state index in [1.165, 1.54) is 23.1 Å². The lowest BCUT2D eigenvalue weighted by Crippen LogP contribution is -2.43.